The molecule has 1 aliphatic rings. The van der Waals surface area contributed by atoms with Crippen molar-refractivity contribution in [2.24, 2.45) is 0 Å². The Balaban J connectivity index is 1.41. The fourth-order valence-electron chi connectivity index (χ4n) is 3.32. The van der Waals surface area contributed by atoms with Gasteiger partial charge in [0.05, 0.1) is 17.4 Å². The van der Waals surface area contributed by atoms with E-state index in [0.29, 0.717) is 5.56 Å². The fourth-order valence-corrected chi connectivity index (χ4v) is 3.32. The summed E-state index contributed by atoms with van der Waals surface area (Å²) in [5, 5.41) is 2.89. The molecule has 0 unspecified atom stereocenters. The molecule has 0 aliphatic carbocycles. The number of carbonyl (C=O) groups is 1. The van der Waals surface area contributed by atoms with E-state index in [0.717, 1.165) is 43.2 Å². The molecule has 1 saturated heterocycles. The monoisotopic (exact) mass is 376 g/mol. The summed E-state index contributed by atoms with van der Waals surface area (Å²) in [7, 11) is 0. The van der Waals surface area contributed by atoms with Crippen molar-refractivity contribution in [1.82, 2.24) is 4.98 Å². The summed E-state index contributed by atoms with van der Waals surface area (Å²) in [4.78, 5) is 21.2. The third-order valence-corrected chi connectivity index (χ3v) is 4.85. The van der Waals surface area contributed by atoms with E-state index >= 15 is 0 Å². The third-order valence-electron chi connectivity index (χ3n) is 4.85. The summed E-state index contributed by atoms with van der Waals surface area (Å²) in [6.07, 6.45) is 3.36. The lowest BCUT2D eigenvalue weighted by Gasteiger charge is -2.37. The van der Waals surface area contributed by atoms with E-state index in [1.165, 1.54) is 12.1 Å². The maximum atomic E-state index is 13.1. The van der Waals surface area contributed by atoms with Crippen molar-refractivity contribution in [3.63, 3.8) is 0 Å². The highest BCUT2D eigenvalue weighted by molar-refractivity contribution is 6.04. The smallest absolute Gasteiger partial charge is 0.257 e. The van der Waals surface area contributed by atoms with E-state index in [1.807, 2.05) is 36.4 Å². The van der Waals surface area contributed by atoms with Crippen LogP contribution in [0, 0.1) is 5.82 Å². The first kappa shape index (κ1) is 18.0. The van der Waals surface area contributed by atoms with Gasteiger partial charge in [-0.1, -0.05) is 18.2 Å². The number of amides is 1. The molecule has 6 heteroatoms. The molecule has 2 aromatic carbocycles. The van der Waals surface area contributed by atoms with E-state index in [2.05, 4.69) is 20.1 Å². The predicted octanol–water partition coefficient (Wildman–Crippen LogP) is 3.80. The summed E-state index contributed by atoms with van der Waals surface area (Å²) < 4.78 is 13.1. The van der Waals surface area contributed by atoms with Gasteiger partial charge in [-0.25, -0.2) is 4.39 Å². The topological polar surface area (TPSA) is 48.5 Å². The molecule has 0 spiro atoms. The first-order chi connectivity index (χ1) is 13.7. The zero-order chi connectivity index (χ0) is 19.3. The number of halogens is 1. The van der Waals surface area contributed by atoms with Crippen LogP contribution in [-0.2, 0) is 0 Å². The van der Waals surface area contributed by atoms with Gasteiger partial charge >= 0.3 is 0 Å². The molecule has 28 heavy (non-hydrogen) atoms. The first-order valence-electron chi connectivity index (χ1n) is 9.26. The van der Waals surface area contributed by atoms with Crippen LogP contribution in [0.25, 0.3) is 0 Å². The maximum Gasteiger partial charge on any atom is 0.257 e. The molecular weight excluding hydrogens is 355 g/mol. The number of anilines is 3. The zero-order valence-electron chi connectivity index (χ0n) is 15.4. The van der Waals surface area contributed by atoms with Gasteiger partial charge in [0, 0.05) is 43.8 Å². The Morgan fingerprint density at radius 3 is 2.18 bits per heavy atom. The van der Waals surface area contributed by atoms with Crippen LogP contribution in [0.5, 0.6) is 0 Å². The highest BCUT2D eigenvalue weighted by Crippen LogP contribution is 2.21. The second kappa shape index (κ2) is 8.08. The van der Waals surface area contributed by atoms with E-state index in [1.54, 1.807) is 24.5 Å². The number of hydrogen-bond acceptors (Lipinski definition) is 4. The van der Waals surface area contributed by atoms with Crippen molar-refractivity contribution >= 4 is 23.0 Å². The molecule has 4 rings (SSSR count). The molecule has 0 saturated carbocycles. The minimum absolute atomic E-state index is 0.175. The van der Waals surface area contributed by atoms with Gasteiger partial charge in [-0.05, 0) is 42.5 Å². The third kappa shape index (κ3) is 4.11. The van der Waals surface area contributed by atoms with Gasteiger partial charge in [-0.3, -0.25) is 9.78 Å². The highest BCUT2D eigenvalue weighted by Gasteiger charge is 2.19. The molecule has 1 N–H and O–H groups in total. The minimum Gasteiger partial charge on any atom is -0.368 e. The van der Waals surface area contributed by atoms with Gasteiger partial charge in [0.25, 0.3) is 5.91 Å². The van der Waals surface area contributed by atoms with Crippen molar-refractivity contribution in [3.8, 4) is 0 Å². The second-order valence-corrected chi connectivity index (χ2v) is 6.70. The number of hydrogen-bond donors (Lipinski definition) is 1. The molecular formula is C22H21FN4O. The van der Waals surface area contributed by atoms with Crippen LogP contribution < -0.4 is 15.1 Å². The molecule has 1 amide bonds. The van der Waals surface area contributed by atoms with Gasteiger partial charge in [0.1, 0.15) is 5.82 Å². The van der Waals surface area contributed by atoms with Gasteiger partial charge in [0.2, 0.25) is 0 Å². The molecule has 142 valence electrons. The van der Waals surface area contributed by atoms with Crippen molar-refractivity contribution in [3.05, 3.63) is 84.4 Å². The van der Waals surface area contributed by atoms with Crippen LogP contribution in [0.4, 0.5) is 21.5 Å². The molecule has 0 radical (unpaired) electrons. The Morgan fingerprint density at radius 1 is 0.857 bits per heavy atom. The molecule has 1 fully saturated rings. The number of nitrogens with zero attached hydrogens (tertiary/aromatic N) is 3. The summed E-state index contributed by atoms with van der Waals surface area (Å²) in [6, 6.07) is 17.8. The number of para-hydroxylation sites is 1. The summed E-state index contributed by atoms with van der Waals surface area (Å²) in [5.41, 5.74) is 3.24. The lowest BCUT2D eigenvalue weighted by Crippen LogP contribution is -2.46. The van der Waals surface area contributed by atoms with Gasteiger partial charge < -0.3 is 15.1 Å². The Labute approximate surface area is 163 Å². The van der Waals surface area contributed by atoms with Crippen molar-refractivity contribution < 1.29 is 9.18 Å². The average molecular weight is 376 g/mol. The molecule has 0 bridgehead atoms. The minimum atomic E-state index is -0.223. The van der Waals surface area contributed by atoms with Crippen LogP contribution >= 0.6 is 0 Å². The zero-order valence-corrected chi connectivity index (χ0v) is 15.4. The van der Waals surface area contributed by atoms with Gasteiger partial charge in [-0.2, -0.15) is 0 Å². The lowest BCUT2D eigenvalue weighted by atomic mass is 10.2. The standard InChI is InChI=1S/C22H21FN4O/c23-18-6-8-20(9-7-18)26-10-12-27(13-11-26)21-14-17(15-24-16-21)22(28)25-19-4-2-1-3-5-19/h1-9,14-16H,10-13H2,(H,25,28). The van der Waals surface area contributed by atoms with Crippen LogP contribution in [-0.4, -0.2) is 37.1 Å². The van der Waals surface area contributed by atoms with E-state index < -0.39 is 0 Å². The number of benzene rings is 2. The van der Waals surface area contributed by atoms with Gasteiger partial charge in [0.15, 0.2) is 0 Å². The number of piperazine rings is 1. The Hall–Kier alpha value is -3.41. The molecule has 5 nitrogen and oxygen atoms in total. The van der Waals surface area contributed by atoms with Crippen LogP contribution in [0.2, 0.25) is 0 Å². The quantitative estimate of drug-likeness (QED) is 0.753. The second-order valence-electron chi connectivity index (χ2n) is 6.70. The summed E-state index contributed by atoms with van der Waals surface area (Å²) in [5.74, 6) is -0.399. The number of aromatic nitrogens is 1. The SMILES string of the molecule is O=C(Nc1ccccc1)c1cncc(N2CCN(c3ccc(F)cc3)CC2)c1. The van der Waals surface area contributed by atoms with Crippen molar-refractivity contribution in [1.29, 1.82) is 0 Å². The summed E-state index contributed by atoms with van der Waals surface area (Å²) in [6.45, 7) is 3.27. The highest BCUT2D eigenvalue weighted by atomic mass is 19.1. The number of carbonyl (C=O) groups excluding carboxylic acids is 1. The first-order valence-corrected chi connectivity index (χ1v) is 9.26. The van der Waals surface area contributed by atoms with Crippen LogP contribution in [0.15, 0.2) is 73.1 Å². The lowest BCUT2D eigenvalue weighted by molar-refractivity contribution is 0.102. The number of rotatable bonds is 4. The Morgan fingerprint density at radius 2 is 1.50 bits per heavy atom. The van der Waals surface area contributed by atoms with Crippen LogP contribution in [0.1, 0.15) is 10.4 Å². The Bertz CT molecular complexity index is 938. The molecule has 2 heterocycles. The fraction of sp³-hybridized carbons (Fsp3) is 0.182. The van der Waals surface area contributed by atoms with Crippen molar-refractivity contribution in [2.45, 2.75) is 0 Å². The molecule has 1 aliphatic heterocycles. The summed E-state index contributed by atoms with van der Waals surface area (Å²) >= 11 is 0. The van der Waals surface area contributed by atoms with Crippen LogP contribution in [0.3, 0.4) is 0 Å². The number of nitrogens with one attached hydrogen (secondary N) is 1. The van der Waals surface area contributed by atoms with E-state index in [-0.39, 0.29) is 11.7 Å². The largest absolute Gasteiger partial charge is 0.368 e. The van der Waals surface area contributed by atoms with E-state index in [4.69, 9.17) is 0 Å². The van der Waals surface area contributed by atoms with Gasteiger partial charge in [-0.15, -0.1) is 0 Å². The molecule has 3 aromatic rings. The molecule has 0 atom stereocenters. The maximum absolute atomic E-state index is 13.1. The number of pyridine rings is 1. The normalized spacial score (nSPS) is 14.0. The predicted molar refractivity (Wildman–Crippen MR) is 109 cm³/mol. The molecule has 1 aromatic heterocycles. The van der Waals surface area contributed by atoms with E-state index in [9.17, 15) is 9.18 Å². The average Bonchev–Trinajstić information content (AvgIpc) is 2.75. The van der Waals surface area contributed by atoms with Crippen molar-refractivity contribution in [2.75, 3.05) is 41.3 Å². The Kier molecular flexibility index (Phi) is 5.19.